The van der Waals surface area contributed by atoms with E-state index in [-0.39, 0.29) is 0 Å². The molecule has 0 nitrogen and oxygen atoms in total. The fourth-order valence-corrected chi connectivity index (χ4v) is 1.06. The van der Waals surface area contributed by atoms with Crippen molar-refractivity contribution in [1.82, 2.24) is 0 Å². The van der Waals surface area contributed by atoms with Gasteiger partial charge >= 0.3 is 37.9 Å². The Morgan fingerprint density at radius 2 is 1.69 bits per heavy atom. The average molecular weight is 289 g/mol. The predicted molar refractivity (Wildman–Crippen MR) is 53.6 cm³/mol. The van der Waals surface area contributed by atoms with Crippen molar-refractivity contribution in [2.45, 2.75) is 0 Å². The standard InChI is InChI=1S/C10H7.2ClH.Zr/c1-2-5-9-7-4-8-10(9)6-3-1;;;/h1-7H;2*1H;/q-1;;;+2/p-2. The summed E-state index contributed by atoms with van der Waals surface area (Å²) < 4.78 is 0. The van der Waals surface area contributed by atoms with E-state index in [1.165, 1.54) is 11.1 Å². The Bertz CT molecular complexity index is 297. The van der Waals surface area contributed by atoms with E-state index in [4.69, 9.17) is 17.0 Å². The topological polar surface area (TPSA) is 0 Å². The molecule has 0 aromatic rings. The van der Waals surface area contributed by atoms with Gasteiger partial charge in [-0.2, -0.15) is 17.7 Å². The molecule has 2 aliphatic rings. The molecular formula is C10H7Cl2Zr-. The molecule has 66 valence electrons. The summed E-state index contributed by atoms with van der Waals surface area (Å²) in [4.78, 5) is 0. The molecule has 2 rings (SSSR count). The molecule has 0 amide bonds. The number of halogens is 2. The van der Waals surface area contributed by atoms with Crippen LogP contribution in [-0.2, 0) is 20.8 Å². The van der Waals surface area contributed by atoms with Gasteiger partial charge in [-0.25, -0.2) is 0 Å². The Kier molecular flexibility index (Phi) is 5.70. The molecule has 0 saturated heterocycles. The molecule has 0 saturated carbocycles. The second-order valence-corrected chi connectivity index (χ2v) is 6.06. The van der Waals surface area contributed by atoms with Gasteiger partial charge in [0.2, 0.25) is 0 Å². The fourth-order valence-electron chi connectivity index (χ4n) is 1.06. The maximum absolute atomic E-state index is 4.93. The molecular weight excluding hydrogens is 282 g/mol. The van der Waals surface area contributed by atoms with Crippen molar-refractivity contribution >= 4 is 17.0 Å². The van der Waals surface area contributed by atoms with Gasteiger partial charge in [0.05, 0.1) is 0 Å². The zero-order chi connectivity index (χ0) is 9.52. The van der Waals surface area contributed by atoms with Crippen LogP contribution in [0.15, 0.2) is 42.5 Å². The van der Waals surface area contributed by atoms with E-state index >= 15 is 0 Å². The normalized spacial score (nSPS) is 8.77. The predicted octanol–water partition coefficient (Wildman–Crippen LogP) is 3.97. The molecule has 0 aliphatic heterocycles. The van der Waals surface area contributed by atoms with Crippen LogP contribution in [0.3, 0.4) is 0 Å². The smallest absolute Gasteiger partial charge is 0.0723 e. The number of hydrogen-bond donors (Lipinski definition) is 0. The van der Waals surface area contributed by atoms with Gasteiger partial charge in [0, 0.05) is 0 Å². The van der Waals surface area contributed by atoms with Crippen molar-refractivity contribution in [2.24, 2.45) is 0 Å². The van der Waals surface area contributed by atoms with Crippen LogP contribution in [0.2, 0.25) is 0 Å². The first-order chi connectivity index (χ1) is 6.38. The minimum absolute atomic E-state index is 0.826. The van der Waals surface area contributed by atoms with E-state index in [2.05, 4.69) is 24.3 Å². The summed E-state index contributed by atoms with van der Waals surface area (Å²) in [5.41, 5.74) is 2.44. The van der Waals surface area contributed by atoms with E-state index in [0.29, 0.717) is 0 Å². The minimum Gasteiger partial charge on any atom is -0.168 e. The van der Waals surface area contributed by atoms with Crippen molar-refractivity contribution in [3.63, 3.8) is 0 Å². The minimum atomic E-state index is -0.826. The molecule has 0 unspecified atom stereocenters. The van der Waals surface area contributed by atoms with Gasteiger partial charge in [0.15, 0.2) is 0 Å². The zero-order valence-electron chi connectivity index (χ0n) is 6.80. The summed E-state index contributed by atoms with van der Waals surface area (Å²) in [6.45, 7) is 0. The van der Waals surface area contributed by atoms with Gasteiger partial charge in [-0.15, -0.1) is 29.8 Å². The van der Waals surface area contributed by atoms with E-state index < -0.39 is 20.8 Å². The number of hydrogen-bond acceptors (Lipinski definition) is 0. The molecule has 2 aliphatic carbocycles. The van der Waals surface area contributed by atoms with Gasteiger partial charge < -0.3 is 0 Å². The zero-order valence-corrected chi connectivity index (χ0v) is 10.8. The summed E-state index contributed by atoms with van der Waals surface area (Å²) in [7, 11) is 9.87. The third kappa shape index (κ3) is 3.81. The number of rotatable bonds is 0. The number of fused-ring (bicyclic) bond motifs is 1. The van der Waals surface area contributed by atoms with Gasteiger partial charge in [0.25, 0.3) is 0 Å². The SMILES string of the molecule is [Cl][Zr][Cl].[c-]1ccc2cccccc1-2. The van der Waals surface area contributed by atoms with E-state index in [1.54, 1.807) is 0 Å². The molecule has 0 aromatic heterocycles. The summed E-state index contributed by atoms with van der Waals surface area (Å²) in [5, 5.41) is 0. The van der Waals surface area contributed by atoms with E-state index in [0.717, 1.165) is 0 Å². The van der Waals surface area contributed by atoms with Crippen molar-refractivity contribution < 1.29 is 20.8 Å². The summed E-state index contributed by atoms with van der Waals surface area (Å²) >= 11 is -0.826. The molecule has 0 radical (unpaired) electrons. The Hall–Kier alpha value is 0.163. The van der Waals surface area contributed by atoms with E-state index in [9.17, 15) is 0 Å². The monoisotopic (exact) mass is 287 g/mol. The fraction of sp³-hybridized carbons (Fsp3) is 0. The molecule has 0 atom stereocenters. The van der Waals surface area contributed by atoms with Gasteiger partial charge in [-0.05, 0) is 0 Å². The third-order valence-electron chi connectivity index (χ3n) is 1.57. The van der Waals surface area contributed by atoms with Crippen LogP contribution in [0.25, 0.3) is 11.1 Å². The quantitative estimate of drug-likeness (QED) is 0.644. The first-order valence-electron chi connectivity index (χ1n) is 3.70. The average Bonchev–Trinajstić information content (AvgIpc) is 2.44. The summed E-state index contributed by atoms with van der Waals surface area (Å²) in [6, 6.07) is 17.4. The maximum atomic E-state index is 4.93. The first-order valence-corrected chi connectivity index (χ1v) is 10.0. The van der Waals surface area contributed by atoms with Crippen molar-refractivity contribution in [2.75, 3.05) is 0 Å². The molecule has 3 heteroatoms. The van der Waals surface area contributed by atoms with Gasteiger partial charge in [-0.3, -0.25) is 0 Å². The van der Waals surface area contributed by atoms with Gasteiger partial charge in [-0.1, -0.05) is 12.1 Å². The Labute approximate surface area is 96.9 Å². The summed E-state index contributed by atoms with van der Waals surface area (Å²) in [6.07, 6.45) is 0. The van der Waals surface area contributed by atoms with Crippen LogP contribution in [0.4, 0.5) is 0 Å². The molecule has 0 heterocycles. The molecule has 0 bridgehead atoms. The summed E-state index contributed by atoms with van der Waals surface area (Å²) in [5.74, 6) is 0. The van der Waals surface area contributed by atoms with Crippen LogP contribution in [0.5, 0.6) is 0 Å². The first kappa shape index (κ1) is 11.2. The van der Waals surface area contributed by atoms with Crippen molar-refractivity contribution in [1.29, 1.82) is 0 Å². The molecule has 0 spiro atoms. The second-order valence-electron chi connectivity index (χ2n) is 2.33. The Morgan fingerprint density at radius 1 is 1.00 bits per heavy atom. The molecule has 0 aromatic carbocycles. The van der Waals surface area contributed by atoms with Gasteiger partial charge in [0.1, 0.15) is 0 Å². The van der Waals surface area contributed by atoms with Crippen LogP contribution in [-0.4, -0.2) is 0 Å². The Morgan fingerprint density at radius 3 is 2.46 bits per heavy atom. The van der Waals surface area contributed by atoms with Crippen LogP contribution in [0.1, 0.15) is 0 Å². The van der Waals surface area contributed by atoms with E-state index in [1.807, 2.05) is 24.3 Å². The molecule has 13 heavy (non-hydrogen) atoms. The molecule has 0 fully saturated rings. The maximum Gasteiger partial charge on any atom is -0.0723 e. The van der Waals surface area contributed by atoms with Crippen LogP contribution >= 0.6 is 17.0 Å². The Balaban J connectivity index is 0.000000251. The van der Waals surface area contributed by atoms with Crippen LogP contribution < -0.4 is 0 Å². The second kappa shape index (κ2) is 6.59. The van der Waals surface area contributed by atoms with Crippen molar-refractivity contribution in [3.8, 4) is 11.1 Å². The van der Waals surface area contributed by atoms with Crippen LogP contribution in [0, 0.1) is 6.07 Å². The molecule has 0 N–H and O–H groups in total. The largest absolute Gasteiger partial charge is 0.168 e. The third-order valence-corrected chi connectivity index (χ3v) is 1.57. The van der Waals surface area contributed by atoms with Crippen molar-refractivity contribution in [3.05, 3.63) is 48.5 Å².